The van der Waals surface area contributed by atoms with Gasteiger partial charge in [-0.1, -0.05) is 0 Å². The quantitative estimate of drug-likeness (QED) is 0.393. The van der Waals surface area contributed by atoms with Gasteiger partial charge in [0.25, 0.3) is 0 Å². The van der Waals surface area contributed by atoms with E-state index in [1.165, 1.54) is 0 Å². The van der Waals surface area contributed by atoms with Crippen molar-refractivity contribution < 1.29 is 18.8 Å². The van der Waals surface area contributed by atoms with Crippen molar-refractivity contribution >= 4 is 26.0 Å². The summed E-state index contributed by atoms with van der Waals surface area (Å²) in [7, 11) is 0.112. The van der Waals surface area contributed by atoms with E-state index in [-0.39, 0.29) is 26.0 Å². The van der Waals surface area contributed by atoms with Gasteiger partial charge in [0.15, 0.2) is 0 Å². The number of piperidine rings is 1. The Labute approximate surface area is 148 Å². The molecule has 1 aromatic heterocycles. The fraction of sp³-hybridized carbons (Fsp3) is 0.667. The number of anilines is 1. The summed E-state index contributed by atoms with van der Waals surface area (Å²) in [4.78, 5) is 23.1. The summed E-state index contributed by atoms with van der Waals surface area (Å²) in [6.45, 7) is 6.31. The van der Waals surface area contributed by atoms with Crippen LogP contribution in [0.15, 0.2) is 12.4 Å². The topological polar surface area (TPSA) is 83.6 Å². The summed E-state index contributed by atoms with van der Waals surface area (Å²) < 4.78 is 17.8. The molecule has 0 spiro atoms. The van der Waals surface area contributed by atoms with Crippen molar-refractivity contribution in [3.05, 3.63) is 18.0 Å². The molecular weight excluding hydrogens is 322 g/mol. The Hall–Kier alpha value is -1.64. The number of aromatic nitrogens is 2. The van der Waals surface area contributed by atoms with E-state index in [1.54, 1.807) is 0 Å². The summed E-state index contributed by atoms with van der Waals surface area (Å²) in [5, 5.41) is 0. The number of esters is 1. The van der Waals surface area contributed by atoms with Gasteiger partial charge in [-0.2, -0.15) is 0 Å². The van der Waals surface area contributed by atoms with Crippen molar-refractivity contribution in [3.8, 4) is 0 Å². The van der Waals surface area contributed by atoms with E-state index in [9.17, 15) is 4.79 Å². The Morgan fingerprint density at radius 1 is 1.28 bits per heavy atom. The first-order valence-corrected chi connectivity index (χ1v) is 8.96. The van der Waals surface area contributed by atoms with Crippen LogP contribution in [0, 0.1) is 5.92 Å². The van der Waals surface area contributed by atoms with Gasteiger partial charge in [-0.15, -0.1) is 0 Å². The van der Waals surface area contributed by atoms with Crippen LogP contribution >= 0.6 is 0 Å². The molecule has 0 aromatic carbocycles. The molecule has 132 valence electrons. The summed E-state index contributed by atoms with van der Waals surface area (Å²) in [5.41, 5.74) is 1.08. The molecule has 4 rings (SSSR count). The highest BCUT2D eigenvalue weighted by molar-refractivity contribution is 6.84. The Kier molecular flexibility index (Phi) is 4.91. The molecule has 0 radical (unpaired) electrons. The molecule has 0 amide bonds. The molecule has 0 aliphatic carbocycles. The summed E-state index contributed by atoms with van der Waals surface area (Å²) >= 11 is 0. The molecule has 0 atom stereocenters. The van der Waals surface area contributed by atoms with E-state index in [1.807, 2.05) is 24.0 Å². The molecule has 0 N–H and O–H groups in total. The third-order valence-corrected chi connectivity index (χ3v) is 4.79. The molecule has 25 heavy (non-hydrogen) atoms. The fourth-order valence-electron chi connectivity index (χ4n) is 3.26. The Bertz CT molecular complexity index is 592. The SMILES string of the molecule is CCOC(=O)C1CCN(Cc2cnc(N(B3CO3)B3CO3)nc2)CC1. The van der Waals surface area contributed by atoms with Gasteiger partial charge in [-0.05, 0) is 32.9 Å². The Morgan fingerprint density at radius 2 is 1.88 bits per heavy atom. The zero-order valence-electron chi connectivity index (χ0n) is 14.5. The van der Waals surface area contributed by atoms with Gasteiger partial charge >= 0.3 is 20.1 Å². The molecule has 4 heterocycles. The minimum absolute atomic E-state index is 0.0421. The van der Waals surface area contributed by atoms with Crippen LogP contribution in [0.3, 0.4) is 0 Å². The lowest BCUT2D eigenvalue weighted by Gasteiger charge is -2.30. The average molecular weight is 344 g/mol. The zero-order valence-corrected chi connectivity index (χ0v) is 14.5. The molecule has 10 heteroatoms. The molecule has 3 fully saturated rings. The summed E-state index contributed by atoms with van der Waals surface area (Å²) in [6, 6.07) is 0. The van der Waals surface area contributed by atoms with Crippen LogP contribution < -0.4 is 4.72 Å². The molecule has 0 bridgehead atoms. The van der Waals surface area contributed by atoms with Crippen LogP contribution in [0.25, 0.3) is 0 Å². The van der Waals surface area contributed by atoms with E-state index in [4.69, 9.17) is 14.0 Å². The Balaban J connectivity index is 1.29. The number of hydrogen-bond donors (Lipinski definition) is 0. The lowest BCUT2D eigenvalue weighted by atomic mass is 9.77. The van der Waals surface area contributed by atoms with E-state index in [0.717, 1.165) is 38.0 Å². The summed E-state index contributed by atoms with van der Waals surface area (Å²) in [6.07, 6.45) is 5.45. The van der Waals surface area contributed by atoms with Crippen molar-refractivity contribution in [2.24, 2.45) is 5.92 Å². The lowest BCUT2D eigenvalue weighted by Crippen LogP contribution is -2.38. The van der Waals surface area contributed by atoms with E-state index in [2.05, 4.69) is 14.9 Å². The monoisotopic (exact) mass is 344 g/mol. The number of ether oxygens (including phenoxy) is 1. The Morgan fingerprint density at radius 3 is 2.40 bits per heavy atom. The van der Waals surface area contributed by atoms with Gasteiger partial charge in [-0.25, -0.2) is 9.97 Å². The maximum atomic E-state index is 11.8. The van der Waals surface area contributed by atoms with Crippen molar-refractivity contribution in [3.63, 3.8) is 0 Å². The number of carbonyl (C=O) groups excluding carboxylic acids is 1. The normalized spacial score (nSPS) is 20.5. The van der Waals surface area contributed by atoms with Crippen LogP contribution in [0.4, 0.5) is 5.95 Å². The second-order valence-electron chi connectivity index (χ2n) is 6.68. The van der Waals surface area contributed by atoms with E-state index in [0.29, 0.717) is 25.6 Å². The molecular formula is C15H22B2N4O4. The van der Waals surface area contributed by atoms with Crippen LogP contribution in [0.2, 0.25) is 0 Å². The molecule has 3 aliphatic rings. The maximum absolute atomic E-state index is 11.8. The van der Waals surface area contributed by atoms with Crippen LogP contribution in [-0.2, 0) is 25.4 Å². The smallest absolute Gasteiger partial charge is 0.432 e. The molecule has 3 aliphatic heterocycles. The highest BCUT2D eigenvalue weighted by Crippen LogP contribution is 2.24. The standard InChI is InChI=1S/C15H22B2N4O4/c1-2-23-14(22)13-3-5-20(6-4-13)9-12-7-18-15(19-8-12)21(16-10-24-16)17-11-25-17/h7-8,13H,2-6,9-11H2,1H3. The van der Waals surface area contributed by atoms with Gasteiger partial charge in [0.1, 0.15) is 0 Å². The molecule has 0 unspecified atom stereocenters. The summed E-state index contributed by atoms with van der Waals surface area (Å²) in [5.74, 6) is 0.648. The minimum Gasteiger partial charge on any atom is -0.466 e. The van der Waals surface area contributed by atoms with Crippen molar-refractivity contribution in [2.75, 3.05) is 37.4 Å². The molecule has 0 saturated carbocycles. The number of carbonyl (C=O) groups is 1. The van der Waals surface area contributed by atoms with Gasteiger partial charge in [0, 0.05) is 24.5 Å². The van der Waals surface area contributed by atoms with Gasteiger partial charge in [0.05, 0.1) is 25.5 Å². The number of rotatable bonds is 7. The third-order valence-electron chi connectivity index (χ3n) is 4.79. The highest BCUT2D eigenvalue weighted by Gasteiger charge is 2.51. The maximum Gasteiger partial charge on any atom is 0.432 e. The minimum atomic E-state index is -0.0560. The van der Waals surface area contributed by atoms with Gasteiger partial charge < -0.3 is 18.8 Å². The highest BCUT2D eigenvalue weighted by atomic mass is 16.5. The number of likely N-dealkylation sites (tertiary alicyclic amines) is 1. The first-order chi connectivity index (χ1) is 12.2. The van der Waals surface area contributed by atoms with Gasteiger partial charge in [-0.3, -0.25) is 9.69 Å². The van der Waals surface area contributed by atoms with Crippen molar-refractivity contribution in [1.82, 2.24) is 14.9 Å². The van der Waals surface area contributed by atoms with Crippen molar-refractivity contribution in [1.29, 1.82) is 0 Å². The van der Waals surface area contributed by atoms with Gasteiger partial charge in [0.2, 0.25) is 5.95 Å². The molecule has 1 aromatic rings. The first kappa shape index (κ1) is 16.8. The second-order valence-corrected chi connectivity index (χ2v) is 6.68. The van der Waals surface area contributed by atoms with Crippen LogP contribution in [0.5, 0.6) is 0 Å². The molecule has 8 nitrogen and oxygen atoms in total. The molecule has 3 saturated heterocycles. The predicted molar refractivity (Wildman–Crippen MR) is 92.6 cm³/mol. The lowest BCUT2D eigenvalue weighted by molar-refractivity contribution is -0.149. The number of nitrogens with zero attached hydrogens (tertiary/aromatic N) is 4. The second kappa shape index (κ2) is 7.31. The fourth-order valence-corrected chi connectivity index (χ4v) is 3.26. The third kappa shape index (κ3) is 4.13. The predicted octanol–water partition coefficient (Wildman–Crippen LogP) is 0.173. The zero-order chi connectivity index (χ0) is 17.2. The van der Waals surface area contributed by atoms with Crippen LogP contribution in [0.1, 0.15) is 25.3 Å². The van der Waals surface area contributed by atoms with Crippen molar-refractivity contribution in [2.45, 2.75) is 26.3 Å². The van der Waals surface area contributed by atoms with E-state index >= 15 is 0 Å². The first-order valence-electron chi connectivity index (χ1n) is 8.96. The largest absolute Gasteiger partial charge is 0.466 e. The van der Waals surface area contributed by atoms with Crippen LogP contribution in [-0.4, -0.2) is 67.6 Å². The average Bonchev–Trinajstić information content (AvgIpc) is 3.53. The number of hydrogen-bond acceptors (Lipinski definition) is 8. The van der Waals surface area contributed by atoms with E-state index < -0.39 is 0 Å².